The van der Waals surface area contributed by atoms with Crippen molar-refractivity contribution >= 4 is 0 Å². The summed E-state index contributed by atoms with van der Waals surface area (Å²) in [6, 6.07) is 0. The molecule has 0 aromatic heterocycles. The first-order valence-corrected chi connectivity index (χ1v) is 5.36. The van der Waals surface area contributed by atoms with Gasteiger partial charge in [-0.3, -0.25) is 0 Å². The molecule has 0 aliphatic heterocycles. The quantitative estimate of drug-likeness (QED) is 0.606. The molecule has 0 saturated carbocycles. The predicted octanol–water partition coefficient (Wildman–Crippen LogP) is 1.43. The molecule has 0 fully saturated rings. The molecule has 16 heavy (non-hydrogen) atoms. The standard InChI is InChI=1S/C6H14O3.C6H10O/c1-2-6(3-7,4-8)5-9;1-3-5-7-6-4-2/h7-9H,2-5H2,1H3;3-6H,1-2H3. The molecule has 0 atom stereocenters. The summed E-state index contributed by atoms with van der Waals surface area (Å²) in [5.41, 5.74) is -0.667. The molecule has 0 heterocycles. The molecule has 0 rings (SSSR count). The highest BCUT2D eigenvalue weighted by Gasteiger charge is 2.24. The van der Waals surface area contributed by atoms with E-state index >= 15 is 0 Å². The van der Waals surface area contributed by atoms with Crippen LogP contribution < -0.4 is 0 Å². The highest BCUT2D eigenvalue weighted by molar-refractivity contribution is 4.74. The molecule has 0 saturated heterocycles. The second-order valence-corrected chi connectivity index (χ2v) is 3.40. The van der Waals surface area contributed by atoms with E-state index in [1.807, 2.05) is 32.9 Å². The van der Waals surface area contributed by atoms with E-state index in [0.717, 1.165) is 0 Å². The van der Waals surface area contributed by atoms with Crippen LogP contribution in [0.25, 0.3) is 0 Å². The fourth-order valence-corrected chi connectivity index (χ4v) is 0.688. The van der Waals surface area contributed by atoms with E-state index in [-0.39, 0.29) is 19.8 Å². The first-order valence-electron chi connectivity index (χ1n) is 5.36. The second kappa shape index (κ2) is 12.2. The second-order valence-electron chi connectivity index (χ2n) is 3.40. The fourth-order valence-electron chi connectivity index (χ4n) is 0.688. The lowest BCUT2D eigenvalue weighted by atomic mass is 9.88. The number of aliphatic hydroxyl groups excluding tert-OH is 3. The normalized spacial score (nSPS) is 11.6. The van der Waals surface area contributed by atoms with Crippen LogP contribution in [0.15, 0.2) is 24.7 Å². The Balaban J connectivity index is 0. The SMILES string of the molecule is CC=COC=CC.CCC(CO)(CO)CO. The monoisotopic (exact) mass is 232 g/mol. The third kappa shape index (κ3) is 8.47. The van der Waals surface area contributed by atoms with Crippen molar-refractivity contribution in [2.24, 2.45) is 5.41 Å². The van der Waals surface area contributed by atoms with Crippen LogP contribution in [-0.2, 0) is 4.74 Å². The molecule has 0 aliphatic rings. The van der Waals surface area contributed by atoms with Gasteiger partial charge < -0.3 is 20.1 Å². The van der Waals surface area contributed by atoms with Gasteiger partial charge in [0.25, 0.3) is 0 Å². The summed E-state index contributed by atoms with van der Waals surface area (Å²) in [7, 11) is 0. The number of ether oxygens (including phenoxy) is 1. The van der Waals surface area contributed by atoms with Crippen LogP contribution >= 0.6 is 0 Å². The molecule has 0 unspecified atom stereocenters. The number of rotatable bonds is 6. The summed E-state index contributed by atoms with van der Waals surface area (Å²) in [5, 5.41) is 26.0. The zero-order valence-corrected chi connectivity index (χ0v) is 10.4. The molecule has 4 heteroatoms. The lowest BCUT2D eigenvalue weighted by Crippen LogP contribution is -2.32. The van der Waals surface area contributed by atoms with Gasteiger partial charge in [0.05, 0.1) is 32.3 Å². The van der Waals surface area contributed by atoms with Gasteiger partial charge in [0.1, 0.15) is 0 Å². The summed E-state index contributed by atoms with van der Waals surface area (Å²) in [6.45, 7) is 5.17. The summed E-state index contributed by atoms with van der Waals surface area (Å²) in [4.78, 5) is 0. The van der Waals surface area contributed by atoms with E-state index in [9.17, 15) is 0 Å². The van der Waals surface area contributed by atoms with E-state index in [2.05, 4.69) is 0 Å². The maximum Gasteiger partial charge on any atom is 0.0858 e. The molecule has 96 valence electrons. The average molecular weight is 232 g/mol. The predicted molar refractivity (Wildman–Crippen MR) is 64.7 cm³/mol. The Bertz CT molecular complexity index is 156. The maximum atomic E-state index is 8.66. The lowest BCUT2D eigenvalue weighted by Gasteiger charge is -2.24. The molecule has 0 aliphatic carbocycles. The highest BCUT2D eigenvalue weighted by Crippen LogP contribution is 2.18. The number of hydrogen-bond acceptors (Lipinski definition) is 4. The average Bonchev–Trinajstić information content (AvgIpc) is 2.34. The van der Waals surface area contributed by atoms with Crippen molar-refractivity contribution in [3.8, 4) is 0 Å². The van der Waals surface area contributed by atoms with E-state index in [4.69, 9.17) is 20.1 Å². The maximum absolute atomic E-state index is 8.66. The molecule has 0 aromatic carbocycles. The summed E-state index contributed by atoms with van der Waals surface area (Å²) >= 11 is 0. The van der Waals surface area contributed by atoms with Crippen LogP contribution in [0.2, 0.25) is 0 Å². The van der Waals surface area contributed by atoms with Crippen molar-refractivity contribution in [1.29, 1.82) is 0 Å². The van der Waals surface area contributed by atoms with Crippen LogP contribution in [0.1, 0.15) is 27.2 Å². The smallest absolute Gasteiger partial charge is 0.0858 e. The molecule has 4 nitrogen and oxygen atoms in total. The minimum atomic E-state index is -0.667. The molecule has 3 N–H and O–H groups in total. The molecular formula is C12H24O4. The molecule has 0 spiro atoms. The number of allylic oxidation sites excluding steroid dienone is 2. The Kier molecular flexibility index (Phi) is 13.4. The van der Waals surface area contributed by atoms with E-state index in [1.54, 1.807) is 12.5 Å². The lowest BCUT2D eigenvalue weighted by molar-refractivity contribution is 0.00304. The molecule has 0 amide bonds. The minimum absolute atomic E-state index is 0.156. The molecular weight excluding hydrogens is 208 g/mol. The van der Waals surface area contributed by atoms with E-state index in [0.29, 0.717) is 6.42 Å². The van der Waals surface area contributed by atoms with Gasteiger partial charge in [-0.15, -0.1) is 0 Å². The van der Waals surface area contributed by atoms with Gasteiger partial charge in [0, 0.05) is 5.41 Å². The Labute approximate surface area is 97.9 Å². The largest absolute Gasteiger partial charge is 0.473 e. The first-order chi connectivity index (χ1) is 7.66. The van der Waals surface area contributed by atoms with Gasteiger partial charge in [-0.1, -0.05) is 19.1 Å². The third-order valence-corrected chi connectivity index (χ3v) is 2.19. The zero-order chi connectivity index (χ0) is 12.9. The van der Waals surface area contributed by atoms with Crippen molar-refractivity contribution in [2.75, 3.05) is 19.8 Å². The van der Waals surface area contributed by atoms with Crippen molar-refractivity contribution < 1.29 is 20.1 Å². The summed E-state index contributed by atoms with van der Waals surface area (Å²) in [6.07, 6.45) is 7.51. The highest BCUT2D eigenvalue weighted by atomic mass is 16.5. The first kappa shape index (κ1) is 17.6. The van der Waals surface area contributed by atoms with Gasteiger partial charge in [0.15, 0.2) is 0 Å². The summed E-state index contributed by atoms with van der Waals surface area (Å²) in [5.74, 6) is 0. The zero-order valence-electron chi connectivity index (χ0n) is 10.4. The summed E-state index contributed by atoms with van der Waals surface area (Å²) < 4.78 is 4.77. The van der Waals surface area contributed by atoms with E-state index < -0.39 is 5.41 Å². The minimum Gasteiger partial charge on any atom is -0.473 e. The van der Waals surface area contributed by atoms with Gasteiger partial charge in [0.2, 0.25) is 0 Å². The van der Waals surface area contributed by atoms with Crippen LogP contribution in [-0.4, -0.2) is 35.1 Å². The van der Waals surface area contributed by atoms with Gasteiger partial charge in [-0.05, 0) is 20.3 Å². The Morgan fingerprint density at radius 3 is 1.44 bits per heavy atom. The third-order valence-electron chi connectivity index (χ3n) is 2.19. The molecule has 0 bridgehead atoms. The topological polar surface area (TPSA) is 69.9 Å². The number of aliphatic hydroxyl groups is 3. The van der Waals surface area contributed by atoms with Crippen molar-refractivity contribution in [3.63, 3.8) is 0 Å². The van der Waals surface area contributed by atoms with Crippen LogP contribution in [0.4, 0.5) is 0 Å². The Hall–Kier alpha value is -0.840. The van der Waals surface area contributed by atoms with Gasteiger partial charge in [-0.25, -0.2) is 0 Å². The van der Waals surface area contributed by atoms with Crippen LogP contribution in [0, 0.1) is 5.41 Å². The van der Waals surface area contributed by atoms with Crippen molar-refractivity contribution in [1.82, 2.24) is 0 Å². The molecule has 0 radical (unpaired) electrons. The Morgan fingerprint density at radius 2 is 1.31 bits per heavy atom. The van der Waals surface area contributed by atoms with Crippen molar-refractivity contribution in [2.45, 2.75) is 27.2 Å². The molecule has 0 aromatic rings. The van der Waals surface area contributed by atoms with Gasteiger partial charge in [-0.2, -0.15) is 0 Å². The Morgan fingerprint density at radius 1 is 0.938 bits per heavy atom. The van der Waals surface area contributed by atoms with Crippen LogP contribution in [0.3, 0.4) is 0 Å². The number of hydrogen-bond donors (Lipinski definition) is 3. The van der Waals surface area contributed by atoms with Crippen molar-refractivity contribution in [3.05, 3.63) is 24.7 Å². The van der Waals surface area contributed by atoms with Crippen LogP contribution in [0.5, 0.6) is 0 Å². The fraction of sp³-hybridized carbons (Fsp3) is 0.667. The van der Waals surface area contributed by atoms with E-state index in [1.165, 1.54) is 0 Å². The van der Waals surface area contributed by atoms with Gasteiger partial charge >= 0.3 is 0 Å².